The highest BCUT2D eigenvalue weighted by atomic mass is 32.2. The monoisotopic (exact) mass is 528 g/mol. The van der Waals surface area contributed by atoms with E-state index in [4.69, 9.17) is 10.6 Å². The lowest BCUT2D eigenvalue weighted by Crippen LogP contribution is -2.71. The Morgan fingerprint density at radius 1 is 1.47 bits per heavy atom. The Morgan fingerprint density at radius 2 is 2.21 bits per heavy atom. The number of carboxylic acids is 1. The number of anilines is 1. The van der Waals surface area contributed by atoms with Crippen molar-refractivity contribution in [1.82, 2.24) is 19.6 Å². The molecule has 0 unspecified atom stereocenters. The van der Waals surface area contributed by atoms with Crippen LogP contribution >= 0.6 is 35.9 Å². The quantitative estimate of drug-likeness (QED) is 0.106. The van der Waals surface area contributed by atoms with Crippen LogP contribution in [-0.4, -0.2) is 105 Å². The molecule has 3 rings (SSSR count). The van der Waals surface area contributed by atoms with Crippen LogP contribution in [0, 0.1) is 0 Å². The second-order valence-electron chi connectivity index (χ2n) is 8.09. The summed E-state index contributed by atoms with van der Waals surface area (Å²) in [4.78, 5) is 47.5. The molecule has 1 aromatic heterocycles. The molecule has 0 radical (unpaired) electrons. The van der Waals surface area contributed by atoms with E-state index in [0.29, 0.717) is 22.4 Å². The fourth-order valence-electron chi connectivity index (χ4n) is 3.43. The smallest absolute Gasteiger partial charge is 0.352 e. The van der Waals surface area contributed by atoms with Crippen LogP contribution in [0.3, 0.4) is 0 Å². The lowest BCUT2D eigenvalue weighted by atomic mass is 10.0. The highest BCUT2D eigenvalue weighted by molar-refractivity contribution is 8.00. The number of thiol groups is 1. The molecular weight excluding hydrogens is 502 g/mol. The number of fused-ring (bicyclic) bond motifs is 1. The number of rotatable bonds is 10. The minimum absolute atomic E-state index is 0.0282. The highest BCUT2D eigenvalue weighted by Gasteiger charge is 2.54. The van der Waals surface area contributed by atoms with Crippen LogP contribution in [0.15, 0.2) is 28.6 Å². The summed E-state index contributed by atoms with van der Waals surface area (Å²) in [7, 11) is 5.37. The Kier molecular flexibility index (Phi) is 8.22. The zero-order valence-electron chi connectivity index (χ0n) is 18.8. The van der Waals surface area contributed by atoms with Crippen molar-refractivity contribution in [3.05, 3.63) is 29.2 Å². The molecule has 0 aromatic carbocycles. The zero-order valence-corrected chi connectivity index (χ0v) is 21.3. The molecule has 184 valence electrons. The molecular formula is C19H26N7O5S3+. The Labute approximate surface area is 210 Å². The average Bonchev–Trinajstić information content (AvgIpc) is 3.20. The molecule has 1 fully saturated rings. The number of quaternary nitrogens is 1. The minimum Gasteiger partial charge on any atom is -0.477 e. The summed E-state index contributed by atoms with van der Waals surface area (Å²) in [6.45, 7) is 1.55. The average molecular weight is 529 g/mol. The van der Waals surface area contributed by atoms with E-state index in [1.807, 2.05) is 6.08 Å². The third-order valence-electron chi connectivity index (χ3n) is 5.16. The molecule has 1 saturated heterocycles. The van der Waals surface area contributed by atoms with Gasteiger partial charge in [-0.15, -0.1) is 11.8 Å². The number of nitrogens with zero attached hydrogens (tertiary/aromatic N) is 5. The van der Waals surface area contributed by atoms with E-state index in [1.165, 1.54) is 23.8 Å². The lowest BCUT2D eigenvalue weighted by Gasteiger charge is -2.49. The fraction of sp³-hybridized carbons (Fsp3) is 0.474. The van der Waals surface area contributed by atoms with E-state index in [-0.39, 0.29) is 22.4 Å². The molecule has 2 atom stereocenters. The van der Waals surface area contributed by atoms with Crippen LogP contribution in [0.25, 0.3) is 0 Å². The van der Waals surface area contributed by atoms with Gasteiger partial charge in [0.1, 0.15) is 24.2 Å². The molecule has 34 heavy (non-hydrogen) atoms. The number of likely N-dealkylation sites (N-methyl/N-ethyl adjacent to an activating group) is 1. The zero-order chi connectivity index (χ0) is 25.0. The van der Waals surface area contributed by atoms with Gasteiger partial charge >= 0.3 is 5.97 Å². The van der Waals surface area contributed by atoms with Crippen molar-refractivity contribution in [2.24, 2.45) is 5.16 Å². The van der Waals surface area contributed by atoms with Crippen LogP contribution in [-0.2, 0) is 19.2 Å². The van der Waals surface area contributed by atoms with Crippen molar-refractivity contribution in [2.75, 3.05) is 51.5 Å². The molecule has 12 nitrogen and oxygen atoms in total. The van der Waals surface area contributed by atoms with Crippen molar-refractivity contribution in [3.8, 4) is 0 Å². The molecule has 2 amide bonds. The molecule has 3 heterocycles. The topological polar surface area (TPSA) is 160 Å². The first-order valence-electron chi connectivity index (χ1n) is 10.1. The first kappa shape index (κ1) is 26.0. The normalized spacial score (nSPS) is 20.9. The number of carbonyl (C=O) groups excluding carboxylic acids is 2. The second kappa shape index (κ2) is 10.8. The molecule has 4 N–H and O–H groups in total. The third-order valence-corrected chi connectivity index (χ3v) is 7.21. The Balaban J connectivity index is 1.75. The first-order chi connectivity index (χ1) is 16.1. The first-order valence-corrected chi connectivity index (χ1v) is 12.6. The number of thioether (sulfide) groups is 1. The van der Waals surface area contributed by atoms with Gasteiger partial charge in [0.15, 0.2) is 5.13 Å². The number of nitrogen functional groups attached to an aromatic ring is 1. The van der Waals surface area contributed by atoms with E-state index >= 15 is 0 Å². The van der Waals surface area contributed by atoms with Gasteiger partial charge in [0.25, 0.3) is 11.8 Å². The third kappa shape index (κ3) is 5.54. The number of amides is 2. The van der Waals surface area contributed by atoms with Crippen molar-refractivity contribution in [3.63, 3.8) is 0 Å². The standard InChI is InChI=1S/C19H25N7O5S3/c1-26(2,7-8-32)6-4-5-10-9-33-17-12(16(28)25(17)13(10)18(29)30)21-15(27)11(23-31-3)14-22-19(20)34-24-14/h4-5,12,17H,6-9H2,1-3H3,(H4-,20,21,22,24,27,29,30,32)/p+1/b5-4+,23-11-/t12-,17+/m1/s1. The molecule has 2 aliphatic rings. The molecule has 2 aliphatic heterocycles. The number of aliphatic carboxylic acids is 1. The van der Waals surface area contributed by atoms with E-state index in [9.17, 15) is 19.5 Å². The predicted molar refractivity (Wildman–Crippen MR) is 132 cm³/mol. The predicted octanol–water partition coefficient (Wildman–Crippen LogP) is -0.228. The maximum atomic E-state index is 12.9. The van der Waals surface area contributed by atoms with Crippen LogP contribution in [0.1, 0.15) is 5.82 Å². The fourth-order valence-corrected chi connectivity index (χ4v) is 5.72. The molecule has 0 aliphatic carbocycles. The number of oxime groups is 1. The summed E-state index contributed by atoms with van der Waals surface area (Å²) in [5.41, 5.74) is 5.81. The van der Waals surface area contributed by atoms with Crippen molar-refractivity contribution >= 4 is 64.6 Å². The van der Waals surface area contributed by atoms with E-state index in [1.54, 1.807) is 6.08 Å². The van der Waals surface area contributed by atoms with Gasteiger partial charge in [-0.05, 0) is 11.6 Å². The summed E-state index contributed by atoms with van der Waals surface area (Å²) in [6.07, 6.45) is 3.66. The van der Waals surface area contributed by atoms with Crippen LogP contribution < -0.4 is 11.1 Å². The summed E-state index contributed by atoms with van der Waals surface area (Å²) in [5, 5.41) is 15.6. The minimum atomic E-state index is -1.20. The number of nitrogens with two attached hydrogens (primary N) is 1. The van der Waals surface area contributed by atoms with Gasteiger partial charge < -0.3 is 25.5 Å². The number of β-lactam (4-membered cyclic amide) rings is 1. The van der Waals surface area contributed by atoms with Gasteiger partial charge in [-0.3, -0.25) is 14.5 Å². The highest BCUT2D eigenvalue weighted by Crippen LogP contribution is 2.40. The van der Waals surface area contributed by atoms with Gasteiger partial charge in [-0.2, -0.15) is 22.0 Å². The maximum absolute atomic E-state index is 12.9. The number of nitrogens with one attached hydrogen (secondary N) is 1. The van der Waals surface area contributed by atoms with Crippen LogP contribution in [0.5, 0.6) is 0 Å². The lowest BCUT2D eigenvalue weighted by molar-refractivity contribution is -0.881. The van der Waals surface area contributed by atoms with Gasteiger partial charge in [0.2, 0.25) is 11.5 Å². The molecule has 0 saturated carbocycles. The number of allylic oxidation sites excluding steroid dienone is 1. The summed E-state index contributed by atoms with van der Waals surface area (Å²) in [5.74, 6) is -1.37. The van der Waals surface area contributed by atoms with E-state index in [0.717, 1.165) is 23.8 Å². The molecule has 1 aromatic rings. The summed E-state index contributed by atoms with van der Waals surface area (Å²) in [6, 6.07) is -0.929. The van der Waals surface area contributed by atoms with E-state index < -0.39 is 29.2 Å². The van der Waals surface area contributed by atoms with Gasteiger partial charge in [-0.1, -0.05) is 11.2 Å². The Bertz CT molecular complexity index is 1070. The summed E-state index contributed by atoms with van der Waals surface area (Å²) < 4.78 is 4.65. The van der Waals surface area contributed by atoms with E-state index in [2.05, 4.69) is 46.6 Å². The SMILES string of the molecule is CO/N=C(\C(=O)N[C@@H]1C(=O)N2C(C(=O)O)=C(/C=C/C[N+](C)(C)CCS)CS[C@@H]12)c1nsc(N)n1. The summed E-state index contributed by atoms with van der Waals surface area (Å²) >= 11 is 6.52. The number of hydrogen-bond donors (Lipinski definition) is 4. The van der Waals surface area contributed by atoms with Crippen molar-refractivity contribution < 1.29 is 28.8 Å². The molecule has 15 heteroatoms. The number of hydrogen-bond acceptors (Lipinski definition) is 11. The van der Waals surface area contributed by atoms with Gasteiger partial charge in [0.05, 0.1) is 27.2 Å². The Morgan fingerprint density at radius 3 is 2.79 bits per heavy atom. The van der Waals surface area contributed by atoms with Crippen molar-refractivity contribution in [2.45, 2.75) is 11.4 Å². The van der Waals surface area contributed by atoms with Gasteiger partial charge in [-0.25, -0.2) is 4.79 Å². The number of carbonyl (C=O) groups is 3. The van der Waals surface area contributed by atoms with Gasteiger partial charge in [0, 0.05) is 23.0 Å². The Hall–Kier alpha value is -2.62. The van der Waals surface area contributed by atoms with Crippen LogP contribution in [0.4, 0.5) is 5.13 Å². The number of carboxylic acid groups (broad SMARTS) is 1. The maximum Gasteiger partial charge on any atom is 0.352 e. The molecule has 0 bridgehead atoms. The molecule has 0 spiro atoms. The van der Waals surface area contributed by atoms with Crippen molar-refractivity contribution in [1.29, 1.82) is 0 Å². The largest absolute Gasteiger partial charge is 0.477 e. The second-order valence-corrected chi connectivity index (χ2v) is 10.4. The van der Waals surface area contributed by atoms with Crippen LogP contribution in [0.2, 0.25) is 0 Å². The number of aromatic nitrogens is 2.